The Labute approximate surface area is 164 Å². The van der Waals surface area contributed by atoms with Gasteiger partial charge in [-0.3, -0.25) is 14.7 Å². The lowest BCUT2D eigenvalue weighted by Gasteiger charge is -2.46. The number of amides is 1. The number of likely N-dealkylation sites (tertiary alicyclic amines) is 1. The molecule has 3 rings (SSSR count). The summed E-state index contributed by atoms with van der Waals surface area (Å²) in [6, 6.07) is 4.74. The molecule has 27 heavy (non-hydrogen) atoms. The Morgan fingerprint density at radius 3 is 3.00 bits per heavy atom. The summed E-state index contributed by atoms with van der Waals surface area (Å²) in [5, 5.41) is 6.92. The van der Waals surface area contributed by atoms with E-state index in [-0.39, 0.29) is 11.4 Å². The zero-order chi connectivity index (χ0) is 19.3. The molecule has 2 aliphatic heterocycles. The first kappa shape index (κ1) is 20.3. The molecule has 150 valence electrons. The van der Waals surface area contributed by atoms with Crippen LogP contribution in [0.3, 0.4) is 0 Å². The van der Waals surface area contributed by atoms with Crippen molar-refractivity contribution in [2.45, 2.75) is 71.0 Å². The lowest BCUT2D eigenvalue weighted by Crippen LogP contribution is -2.55. The number of carbonyl (C=O) groups excluding carboxylic acids is 1. The van der Waals surface area contributed by atoms with Crippen molar-refractivity contribution in [1.29, 1.82) is 0 Å². The second-order valence-electron chi connectivity index (χ2n) is 9.11. The molecule has 1 aromatic rings. The Morgan fingerprint density at radius 2 is 2.26 bits per heavy atom. The first-order valence-electron chi connectivity index (χ1n) is 10.6. The summed E-state index contributed by atoms with van der Waals surface area (Å²) in [4.78, 5) is 19.0. The van der Waals surface area contributed by atoms with E-state index >= 15 is 0 Å². The van der Waals surface area contributed by atoms with Crippen LogP contribution in [-0.2, 0) is 11.3 Å². The van der Waals surface area contributed by atoms with Crippen LogP contribution in [0.4, 0.5) is 0 Å². The van der Waals surface area contributed by atoms with Crippen LogP contribution in [0.25, 0.3) is 0 Å². The number of nitrogens with zero attached hydrogens (tertiary/aromatic N) is 2. The Bertz CT molecular complexity index is 604. The van der Waals surface area contributed by atoms with Crippen LogP contribution in [0.5, 0.6) is 0 Å². The zero-order valence-corrected chi connectivity index (χ0v) is 17.2. The van der Waals surface area contributed by atoms with E-state index in [9.17, 15) is 4.79 Å². The zero-order valence-electron chi connectivity index (χ0n) is 17.2. The van der Waals surface area contributed by atoms with Gasteiger partial charge in [-0.05, 0) is 69.5 Å². The monoisotopic (exact) mass is 372 g/mol. The number of piperidine rings is 2. The summed E-state index contributed by atoms with van der Waals surface area (Å²) in [5.41, 5.74) is 1.21. The Morgan fingerprint density at radius 1 is 1.41 bits per heavy atom. The Hall–Kier alpha value is -1.46. The fourth-order valence-electron chi connectivity index (χ4n) is 4.50. The highest BCUT2D eigenvalue weighted by Gasteiger charge is 2.36. The number of nitrogens with one attached hydrogen (secondary N) is 2. The van der Waals surface area contributed by atoms with Gasteiger partial charge < -0.3 is 10.6 Å². The van der Waals surface area contributed by atoms with Gasteiger partial charge in [-0.25, -0.2) is 0 Å². The molecular formula is C22H36N4O. The topological polar surface area (TPSA) is 57.3 Å². The summed E-state index contributed by atoms with van der Waals surface area (Å²) in [7, 11) is 0. The molecule has 0 saturated carbocycles. The molecule has 0 aliphatic carbocycles. The fourth-order valence-corrected chi connectivity index (χ4v) is 4.50. The smallest absolute Gasteiger partial charge is 0.220 e. The van der Waals surface area contributed by atoms with Gasteiger partial charge in [0.2, 0.25) is 5.91 Å². The largest absolute Gasteiger partial charge is 0.351 e. The molecule has 5 nitrogen and oxygen atoms in total. The highest BCUT2D eigenvalue weighted by Crippen LogP contribution is 2.31. The van der Waals surface area contributed by atoms with Gasteiger partial charge in [-0.2, -0.15) is 0 Å². The van der Waals surface area contributed by atoms with Gasteiger partial charge in [-0.15, -0.1) is 0 Å². The minimum atomic E-state index is -0.0937. The first-order valence-corrected chi connectivity index (χ1v) is 10.6. The van der Waals surface area contributed by atoms with E-state index in [1.54, 1.807) is 0 Å². The average molecular weight is 373 g/mol. The minimum absolute atomic E-state index is 0.0937. The van der Waals surface area contributed by atoms with E-state index in [0.717, 1.165) is 44.8 Å². The number of hydrogen-bond acceptors (Lipinski definition) is 4. The van der Waals surface area contributed by atoms with Crippen LogP contribution in [-0.4, -0.2) is 47.0 Å². The molecule has 3 heterocycles. The third kappa shape index (κ3) is 6.01. The van der Waals surface area contributed by atoms with Gasteiger partial charge in [0.25, 0.3) is 0 Å². The number of pyridine rings is 1. The van der Waals surface area contributed by atoms with Crippen molar-refractivity contribution in [2.75, 3.05) is 19.6 Å². The third-order valence-electron chi connectivity index (χ3n) is 6.29. The first-order chi connectivity index (χ1) is 12.9. The standard InChI is InChI=1S/C22H36N4O/c1-4-22(2,3)25-21(27)9-5-8-20-19-11-18(13-24-20)15-26(16-19)14-17-7-6-10-23-12-17/h6-7,10,12,18-20,24H,4-5,8-9,11,13-16H2,1-3H3,(H,25,27)/t18-,19+,20+/m0/s1. The van der Waals surface area contributed by atoms with Crippen molar-refractivity contribution in [3.63, 3.8) is 0 Å². The van der Waals surface area contributed by atoms with Crippen LogP contribution < -0.4 is 10.6 Å². The SMILES string of the molecule is CCC(C)(C)NC(=O)CCC[C@H]1NC[C@@H]2C[C@@H]1CN(Cc1cccnc1)C2. The molecule has 2 aliphatic rings. The lowest BCUT2D eigenvalue weighted by molar-refractivity contribution is -0.122. The van der Waals surface area contributed by atoms with E-state index in [2.05, 4.69) is 47.4 Å². The van der Waals surface area contributed by atoms with Gasteiger partial charge in [0.15, 0.2) is 0 Å². The molecule has 0 aromatic carbocycles. The summed E-state index contributed by atoms with van der Waals surface area (Å²) >= 11 is 0. The molecule has 3 atom stereocenters. The predicted molar refractivity (Wildman–Crippen MR) is 109 cm³/mol. The molecule has 2 saturated heterocycles. The normalized spacial score (nSPS) is 26.0. The maximum Gasteiger partial charge on any atom is 0.220 e. The summed E-state index contributed by atoms with van der Waals surface area (Å²) in [5.74, 6) is 1.65. The molecule has 5 heteroatoms. The van der Waals surface area contributed by atoms with E-state index in [0.29, 0.717) is 18.4 Å². The molecule has 1 aromatic heterocycles. The number of rotatable bonds is 8. The van der Waals surface area contributed by atoms with Crippen molar-refractivity contribution in [1.82, 2.24) is 20.5 Å². The predicted octanol–water partition coefficient (Wildman–Crippen LogP) is 2.97. The van der Waals surface area contributed by atoms with Crippen LogP contribution in [0.1, 0.15) is 58.4 Å². The Balaban J connectivity index is 1.45. The van der Waals surface area contributed by atoms with Crippen molar-refractivity contribution in [3.05, 3.63) is 30.1 Å². The van der Waals surface area contributed by atoms with Crippen LogP contribution in [0.2, 0.25) is 0 Å². The van der Waals surface area contributed by atoms with Crippen molar-refractivity contribution < 1.29 is 4.79 Å². The lowest BCUT2D eigenvalue weighted by atomic mass is 9.79. The van der Waals surface area contributed by atoms with Crippen LogP contribution in [0.15, 0.2) is 24.5 Å². The Kier molecular flexibility index (Phi) is 6.88. The molecule has 0 unspecified atom stereocenters. The highest BCUT2D eigenvalue weighted by atomic mass is 16.1. The van der Waals surface area contributed by atoms with Crippen LogP contribution >= 0.6 is 0 Å². The quantitative estimate of drug-likeness (QED) is 0.737. The molecular weight excluding hydrogens is 336 g/mol. The van der Waals surface area contributed by atoms with Crippen molar-refractivity contribution >= 4 is 5.91 Å². The maximum atomic E-state index is 12.2. The number of hydrogen-bond donors (Lipinski definition) is 2. The number of fused-ring (bicyclic) bond motifs is 2. The van der Waals surface area contributed by atoms with Gasteiger partial charge >= 0.3 is 0 Å². The van der Waals surface area contributed by atoms with Gasteiger partial charge in [0.1, 0.15) is 0 Å². The van der Waals surface area contributed by atoms with E-state index in [1.165, 1.54) is 18.5 Å². The van der Waals surface area contributed by atoms with Gasteiger partial charge in [-0.1, -0.05) is 13.0 Å². The summed E-state index contributed by atoms with van der Waals surface area (Å²) in [6.45, 7) is 10.7. The van der Waals surface area contributed by atoms with Gasteiger partial charge in [0, 0.05) is 50.0 Å². The molecule has 2 bridgehead atoms. The number of carbonyl (C=O) groups is 1. The van der Waals surface area contributed by atoms with E-state index in [1.807, 2.05) is 18.5 Å². The van der Waals surface area contributed by atoms with Crippen molar-refractivity contribution in [3.8, 4) is 0 Å². The number of aromatic nitrogens is 1. The molecule has 0 radical (unpaired) electrons. The van der Waals surface area contributed by atoms with Crippen LogP contribution in [0, 0.1) is 11.8 Å². The third-order valence-corrected chi connectivity index (χ3v) is 6.29. The van der Waals surface area contributed by atoms with E-state index < -0.39 is 0 Å². The van der Waals surface area contributed by atoms with Gasteiger partial charge in [0.05, 0.1) is 0 Å². The second-order valence-corrected chi connectivity index (χ2v) is 9.11. The molecule has 1 amide bonds. The molecule has 2 N–H and O–H groups in total. The average Bonchev–Trinajstić information content (AvgIpc) is 2.64. The highest BCUT2D eigenvalue weighted by molar-refractivity contribution is 5.76. The minimum Gasteiger partial charge on any atom is -0.351 e. The fraction of sp³-hybridized carbons (Fsp3) is 0.727. The molecule has 2 fully saturated rings. The van der Waals surface area contributed by atoms with E-state index in [4.69, 9.17) is 0 Å². The summed E-state index contributed by atoms with van der Waals surface area (Å²) < 4.78 is 0. The second kappa shape index (κ2) is 9.16. The summed E-state index contributed by atoms with van der Waals surface area (Å²) in [6.07, 6.45) is 8.81. The molecule has 0 spiro atoms. The van der Waals surface area contributed by atoms with Crippen molar-refractivity contribution in [2.24, 2.45) is 11.8 Å². The maximum absolute atomic E-state index is 12.2.